The van der Waals surface area contributed by atoms with Gasteiger partial charge in [0, 0.05) is 38.2 Å². The molecule has 0 atom stereocenters. The molecule has 48 heavy (non-hydrogen) atoms. The van der Waals surface area contributed by atoms with E-state index in [9.17, 15) is 0 Å². The topological polar surface area (TPSA) is 35.6 Å². The maximum Gasteiger partial charge on any atom is 0.235 e. The van der Waals surface area contributed by atoms with E-state index in [2.05, 4.69) is 95.6 Å². The summed E-state index contributed by atoms with van der Waals surface area (Å²) in [7, 11) is 0. The molecule has 0 radical (unpaired) electrons. The highest BCUT2D eigenvalue weighted by Gasteiger charge is 2.18. The van der Waals surface area contributed by atoms with Crippen LogP contribution in [-0.2, 0) is 0 Å². The molecule has 10 aromatic rings. The Kier molecular flexibility index (Phi) is 4.84. The SMILES string of the molecule is [2H]c1c([2H])c([2H])c(-c2nc(-n3c4ccccc4c4cc(-c5ccc6c7ccccc7n(-c7ccccc7)c6c5)ccc43)nc3ccccc23)c([2H])c1[2H]. The monoisotopic (exact) mass is 617 g/mol. The van der Waals surface area contributed by atoms with E-state index in [4.69, 9.17) is 16.8 Å². The lowest BCUT2D eigenvalue weighted by Gasteiger charge is -2.12. The van der Waals surface area contributed by atoms with Crippen LogP contribution in [0.2, 0.25) is 0 Å². The summed E-state index contributed by atoms with van der Waals surface area (Å²) in [5, 5.41) is 5.03. The minimum absolute atomic E-state index is 0.0437. The van der Waals surface area contributed by atoms with Crippen molar-refractivity contribution < 1.29 is 6.85 Å². The maximum absolute atomic E-state index is 8.76. The van der Waals surface area contributed by atoms with E-state index >= 15 is 0 Å². The smallest absolute Gasteiger partial charge is 0.235 e. The number of para-hydroxylation sites is 4. The first-order valence-electron chi connectivity index (χ1n) is 18.4. The summed E-state index contributed by atoms with van der Waals surface area (Å²) in [5.41, 5.74) is 8.24. The van der Waals surface area contributed by atoms with Crippen molar-refractivity contribution in [3.63, 3.8) is 0 Å². The molecule has 7 aromatic carbocycles. The van der Waals surface area contributed by atoms with Crippen molar-refractivity contribution in [3.8, 4) is 34.0 Å². The van der Waals surface area contributed by atoms with Crippen LogP contribution < -0.4 is 0 Å². The van der Waals surface area contributed by atoms with Crippen LogP contribution in [0.15, 0.2) is 170 Å². The molecule has 0 aliphatic heterocycles. The second-order valence-corrected chi connectivity index (χ2v) is 11.9. The Hall–Kier alpha value is -6.52. The van der Waals surface area contributed by atoms with Crippen LogP contribution in [-0.4, -0.2) is 19.1 Å². The zero-order valence-electron chi connectivity index (χ0n) is 30.6. The van der Waals surface area contributed by atoms with Gasteiger partial charge in [-0.1, -0.05) is 121 Å². The van der Waals surface area contributed by atoms with Gasteiger partial charge in [-0.15, -0.1) is 0 Å². The lowest BCUT2D eigenvalue weighted by Crippen LogP contribution is -2.03. The van der Waals surface area contributed by atoms with Gasteiger partial charge in [0.15, 0.2) is 0 Å². The molecular weight excluding hydrogens is 585 g/mol. The normalized spacial score (nSPS) is 13.2. The molecule has 3 heterocycles. The number of hydrogen-bond acceptors (Lipinski definition) is 2. The Labute approximate surface area is 283 Å². The lowest BCUT2D eigenvalue weighted by molar-refractivity contribution is 1.01. The highest BCUT2D eigenvalue weighted by atomic mass is 15.2. The number of benzene rings is 7. The van der Waals surface area contributed by atoms with Crippen molar-refractivity contribution in [3.05, 3.63) is 170 Å². The molecule has 0 fully saturated rings. The van der Waals surface area contributed by atoms with E-state index in [0.717, 1.165) is 49.7 Å². The number of rotatable bonds is 4. The predicted octanol–water partition coefficient (Wildman–Crippen LogP) is 11.2. The van der Waals surface area contributed by atoms with Gasteiger partial charge in [0.05, 0.1) is 40.1 Å². The Balaban J connectivity index is 1.20. The average Bonchev–Trinajstić information content (AvgIpc) is 3.72. The molecule has 10 rings (SSSR count). The first-order chi connectivity index (χ1) is 25.9. The molecular formula is C44H28N4. The van der Waals surface area contributed by atoms with Gasteiger partial charge in [-0.3, -0.25) is 4.57 Å². The summed E-state index contributed by atoms with van der Waals surface area (Å²) in [6.07, 6.45) is 0. The van der Waals surface area contributed by atoms with Crippen LogP contribution in [0.25, 0.3) is 88.5 Å². The van der Waals surface area contributed by atoms with Crippen LogP contribution in [0.1, 0.15) is 6.85 Å². The van der Waals surface area contributed by atoms with Crippen LogP contribution in [0.4, 0.5) is 0 Å². The number of hydrogen-bond donors (Lipinski definition) is 0. The molecule has 0 saturated heterocycles. The quantitative estimate of drug-likeness (QED) is 0.197. The van der Waals surface area contributed by atoms with Crippen molar-refractivity contribution in [1.29, 1.82) is 0 Å². The van der Waals surface area contributed by atoms with Gasteiger partial charge in [0.25, 0.3) is 0 Å². The molecule has 0 spiro atoms. The zero-order valence-corrected chi connectivity index (χ0v) is 25.6. The first kappa shape index (κ1) is 22.1. The maximum atomic E-state index is 8.76. The molecule has 0 amide bonds. The molecule has 4 heteroatoms. The highest BCUT2D eigenvalue weighted by molar-refractivity contribution is 6.12. The summed E-state index contributed by atoms with van der Waals surface area (Å²) in [4.78, 5) is 10.00. The Morgan fingerprint density at radius 3 is 1.83 bits per heavy atom. The second-order valence-electron chi connectivity index (χ2n) is 11.9. The number of aromatic nitrogens is 4. The summed E-state index contributed by atoms with van der Waals surface area (Å²) < 4.78 is 46.7. The van der Waals surface area contributed by atoms with Crippen molar-refractivity contribution in [2.24, 2.45) is 0 Å². The largest absolute Gasteiger partial charge is 0.309 e. The highest BCUT2D eigenvalue weighted by Crippen LogP contribution is 2.38. The van der Waals surface area contributed by atoms with Gasteiger partial charge in [-0.2, -0.15) is 0 Å². The van der Waals surface area contributed by atoms with Crippen LogP contribution in [0.5, 0.6) is 0 Å². The van der Waals surface area contributed by atoms with E-state index in [0.29, 0.717) is 16.9 Å². The Morgan fingerprint density at radius 2 is 1.02 bits per heavy atom. The molecule has 3 aromatic heterocycles. The lowest BCUT2D eigenvalue weighted by atomic mass is 10.0. The van der Waals surface area contributed by atoms with Gasteiger partial charge in [0.1, 0.15) is 0 Å². The fourth-order valence-electron chi connectivity index (χ4n) is 7.10. The van der Waals surface area contributed by atoms with Crippen LogP contribution in [0, 0.1) is 0 Å². The van der Waals surface area contributed by atoms with E-state index in [-0.39, 0.29) is 23.3 Å². The van der Waals surface area contributed by atoms with Gasteiger partial charge in [0.2, 0.25) is 5.95 Å². The molecule has 0 bridgehead atoms. The van der Waals surface area contributed by atoms with Crippen molar-refractivity contribution in [1.82, 2.24) is 19.1 Å². The first-order valence-corrected chi connectivity index (χ1v) is 15.9. The minimum atomic E-state index is -0.443. The standard InChI is InChI=1S/C44H28N4/c1-3-13-29(14-4-1)43-36-19-7-10-20-38(36)45-44(46-43)48-40-22-12-9-18-34(40)37-27-30(24-26-41(37)48)31-23-25-35-33-17-8-11-21-39(33)47(42(35)28-31)32-15-5-2-6-16-32/h1-28H/i1D,3D,4D,13D,14D. The molecule has 224 valence electrons. The molecule has 4 nitrogen and oxygen atoms in total. The van der Waals surface area contributed by atoms with Gasteiger partial charge < -0.3 is 4.57 Å². The molecule has 0 N–H and O–H groups in total. The Bertz CT molecular complexity index is 3100. The van der Waals surface area contributed by atoms with Crippen molar-refractivity contribution >= 4 is 54.5 Å². The van der Waals surface area contributed by atoms with E-state index in [1.165, 1.54) is 10.8 Å². The fraction of sp³-hybridized carbons (Fsp3) is 0. The van der Waals surface area contributed by atoms with Crippen LogP contribution in [0.3, 0.4) is 0 Å². The molecule has 0 unspecified atom stereocenters. The van der Waals surface area contributed by atoms with Crippen LogP contribution >= 0.6 is 0 Å². The summed E-state index contributed by atoms with van der Waals surface area (Å²) in [5.74, 6) is 0.346. The molecule has 0 aliphatic carbocycles. The fourth-order valence-corrected chi connectivity index (χ4v) is 7.10. The number of fused-ring (bicyclic) bond motifs is 7. The summed E-state index contributed by atoms with van der Waals surface area (Å²) >= 11 is 0. The van der Waals surface area contributed by atoms with Gasteiger partial charge in [-0.25, -0.2) is 9.97 Å². The molecule has 0 saturated carbocycles. The predicted molar refractivity (Wildman–Crippen MR) is 199 cm³/mol. The minimum Gasteiger partial charge on any atom is -0.309 e. The summed E-state index contributed by atoms with van der Waals surface area (Å²) in [6, 6.07) is 45.7. The number of nitrogens with zero attached hydrogens (tertiary/aromatic N) is 4. The third-order valence-corrected chi connectivity index (χ3v) is 9.22. The van der Waals surface area contributed by atoms with Crippen molar-refractivity contribution in [2.45, 2.75) is 0 Å². The van der Waals surface area contributed by atoms with Gasteiger partial charge >= 0.3 is 0 Å². The second kappa shape index (κ2) is 10.5. The third-order valence-electron chi connectivity index (χ3n) is 9.22. The zero-order chi connectivity index (χ0) is 36.0. The Morgan fingerprint density at radius 1 is 0.417 bits per heavy atom. The third kappa shape index (κ3) is 4.03. The van der Waals surface area contributed by atoms with E-state index in [1.807, 2.05) is 53.1 Å². The van der Waals surface area contributed by atoms with E-state index < -0.39 is 18.1 Å². The average molecular weight is 618 g/mol. The van der Waals surface area contributed by atoms with Crippen molar-refractivity contribution in [2.75, 3.05) is 0 Å². The summed E-state index contributed by atoms with van der Waals surface area (Å²) in [6.45, 7) is 0. The molecule has 0 aliphatic rings. The van der Waals surface area contributed by atoms with Gasteiger partial charge in [-0.05, 0) is 59.7 Å². The van der Waals surface area contributed by atoms with E-state index in [1.54, 1.807) is 0 Å².